The van der Waals surface area contributed by atoms with Crippen LogP contribution in [-0.2, 0) is 4.79 Å². The third-order valence-electron chi connectivity index (χ3n) is 6.72. The second kappa shape index (κ2) is 10.6. The van der Waals surface area contributed by atoms with E-state index in [0.717, 1.165) is 37.2 Å². The maximum Gasteiger partial charge on any atom is 0.340 e. The molecular formula is C27H37N5O2. The number of carbonyl (C=O) groups excluding carboxylic acids is 2. The number of nitrogens with one attached hydrogen (secondary N) is 2. The molecule has 0 spiro atoms. The lowest BCUT2D eigenvalue weighted by Crippen LogP contribution is -2.45. The smallest absolute Gasteiger partial charge is 0.340 e. The van der Waals surface area contributed by atoms with Gasteiger partial charge in [0.15, 0.2) is 0 Å². The van der Waals surface area contributed by atoms with Gasteiger partial charge in [0.05, 0.1) is 6.67 Å². The van der Waals surface area contributed by atoms with E-state index in [1.807, 2.05) is 70.2 Å². The minimum atomic E-state index is -0.260. The molecule has 182 valence electrons. The van der Waals surface area contributed by atoms with Gasteiger partial charge in [-0.05, 0) is 82.8 Å². The Kier molecular flexibility index (Phi) is 7.54. The third kappa shape index (κ3) is 5.26. The number of benzene rings is 2. The molecule has 0 aromatic heterocycles. The largest absolute Gasteiger partial charge is 0.352 e. The number of urea groups is 1. The molecule has 3 amide bonds. The molecule has 0 bridgehead atoms. The molecule has 2 saturated heterocycles. The molecule has 2 aromatic rings. The van der Waals surface area contributed by atoms with E-state index in [1.165, 1.54) is 5.56 Å². The summed E-state index contributed by atoms with van der Waals surface area (Å²) in [5, 5.41) is 4.78. The summed E-state index contributed by atoms with van der Waals surface area (Å²) in [7, 11) is 0. The lowest BCUT2D eigenvalue weighted by atomic mass is 9.88. The Balaban J connectivity index is 1.41. The standard InChI is InChI=1S/C27H37N5O2/c1-19(2)29-26(33)25(23-8-6-5-7-9-23)30-16-14-22(15-17-30)21-10-12-24(13-11-21)31-18-28-32(20(3)4)27(31)34/h5-13,19-20,22,25,28H,14-18H2,1-4H3,(H,29,33). The van der Waals surface area contributed by atoms with E-state index in [9.17, 15) is 9.59 Å². The van der Waals surface area contributed by atoms with Crippen LogP contribution in [0, 0.1) is 0 Å². The summed E-state index contributed by atoms with van der Waals surface area (Å²) in [6, 6.07) is 18.4. The van der Waals surface area contributed by atoms with Crippen molar-refractivity contribution >= 4 is 17.6 Å². The molecule has 2 fully saturated rings. The molecule has 7 nitrogen and oxygen atoms in total. The fraction of sp³-hybridized carbons (Fsp3) is 0.481. The van der Waals surface area contributed by atoms with Crippen LogP contribution in [0.25, 0.3) is 0 Å². The van der Waals surface area contributed by atoms with Gasteiger partial charge in [-0.25, -0.2) is 10.2 Å². The SMILES string of the molecule is CC(C)NC(=O)C(c1ccccc1)N1CCC(c2ccc(N3CNN(C(C)C)C3=O)cc2)CC1. The van der Waals surface area contributed by atoms with Crippen LogP contribution in [0.3, 0.4) is 0 Å². The van der Waals surface area contributed by atoms with Crippen LogP contribution in [0.4, 0.5) is 10.5 Å². The Morgan fingerprint density at radius 1 is 0.971 bits per heavy atom. The Morgan fingerprint density at radius 3 is 2.18 bits per heavy atom. The fourth-order valence-electron chi connectivity index (χ4n) is 4.96. The molecule has 2 aliphatic heterocycles. The molecule has 0 radical (unpaired) electrons. The normalized spacial score (nSPS) is 18.7. The summed E-state index contributed by atoms with van der Waals surface area (Å²) < 4.78 is 0. The van der Waals surface area contributed by atoms with E-state index < -0.39 is 0 Å². The summed E-state index contributed by atoms with van der Waals surface area (Å²) >= 11 is 0. The number of hydrazine groups is 1. The number of hydrogen-bond donors (Lipinski definition) is 2. The van der Waals surface area contributed by atoms with Crippen molar-refractivity contribution in [2.75, 3.05) is 24.7 Å². The summed E-state index contributed by atoms with van der Waals surface area (Å²) in [6.45, 7) is 10.2. The summed E-state index contributed by atoms with van der Waals surface area (Å²) in [6.07, 6.45) is 2.01. The van der Waals surface area contributed by atoms with Gasteiger partial charge in [-0.3, -0.25) is 19.6 Å². The molecule has 1 unspecified atom stereocenters. The second-order valence-corrected chi connectivity index (χ2v) is 9.87. The highest BCUT2D eigenvalue weighted by Crippen LogP contribution is 2.33. The predicted molar refractivity (Wildman–Crippen MR) is 135 cm³/mol. The summed E-state index contributed by atoms with van der Waals surface area (Å²) in [5.41, 5.74) is 6.41. The average molecular weight is 464 g/mol. The Labute approximate surface area is 203 Å². The van der Waals surface area contributed by atoms with Gasteiger partial charge >= 0.3 is 6.03 Å². The molecule has 4 rings (SSSR count). The number of likely N-dealkylation sites (tertiary alicyclic amines) is 1. The van der Waals surface area contributed by atoms with Crippen molar-refractivity contribution in [1.82, 2.24) is 20.7 Å². The highest BCUT2D eigenvalue weighted by molar-refractivity contribution is 5.93. The number of carbonyl (C=O) groups is 2. The van der Waals surface area contributed by atoms with E-state index in [1.54, 1.807) is 9.91 Å². The van der Waals surface area contributed by atoms with Crippen molar-refractivity contribution in [2.45, 2.75) is 64.6 Å². The van der Waals surface area contributed by atoms with Crippen molar-refractivity contribution in [3.8, 4) is 0 Å². The molecule has 1 atom stereocenters. The lowest BCUT2D eigenvalue weighted by molar-refractivity contribution is -0.127. The molecular weight excluding hydrogens is 426 g/mol. The van der Waals surface area contributed by atoms with Gasteiger partial charge in [0.25, 0.3) is 0 Å². The predicted octanol–water partition coefficient (Wildman–Crippen LogP) is 4.24. The van der Waals surface area contributed by atoms with Crippen molar-refractivity contribution in [3.05, 3.63) is 65.7 Å². The zero-order valence-electron chi connectivity index (χ0n) is 20.7. The van der Waals surface area contributed by atoms with Crippen LogP contribution in [0.15, 0.2) is 54.6 Å². The molecule has 0 saturated carbocycles. The van der Waals surface area contributed by atoms with Crippen LogP contribution >= 0.6 is 0 Å². The van der Waals surface area contributed by atoms with Crippen LogP contribution in [0.2, 0.25) is 0 Å². The van der Waals surface area contributed by atoms with E-state index in [-0.39, 0.29) is 30.1 Å². The lowest BCUT2D eigenvalue weighted by Gasteiger charge is -2.37. The second-order valence-electron chi connectivity index (χ2n) is 9.87. The van der Waals surface area contributed by atoms with Crippen LogP contribution in [0.5, 0.6) is 0 Å². The van der Waals surface area contributed by atoms with Gasteiger partial charge in [-0.1, -0.05) is 42.5 Å². The van der Waals surface area contributed by atoms with E-state index in [0.29, 0.717) is 12.6 Å². The first-order valence-electron chi connectivity index (χ1n) is 12.4. The van der Waals surface area contributed by atoms with Gasteiger partial charge in [0.1, 0.15) is 6.04 Å². The Bertz CT molecular complexity index is 968. The van der Waals surface area contributed by atoms with Gasteiger partial charge < -0.3 is 5.32 Å². The molecule has 2 N–H and O–H groups in total. The number of amides is 3. The molecule has 0 aliphatic carbocycles. The van der Waals surface area contributed by atoms with Gasteiger partial charge in [0, 0.05) is 17.8 Å². The third-order valence-corrected chi connectivity index (χ3v) is 6.72. The average Bonchev–Trinajstić information content (AvgIpc) is 3.22. The highest BCUT2D eigenvalue weighted by Gasteiger charge is 2.33. The number of hydrogen-bond acceptors (Lipinski definition) is 4. The first-order chi connectivity index (χ1) is 16.3. The highest BCUT2D eigenvalue weighted by atomic mass is 16.2. The molecule has 7 heteroatoms. The maximum atomic E-state index is 13.1. The van der Waals surface area contributed by atoms with Gasteiger partial charge in [-0.15, -0.1) is 0 Å². The van der Waals surface area contributed by atoms with Crippen molar-refractivity contribution in [3.63, 3.8) is 0 Å². The fourth-order valence-corrected chi connectivity index (χ4v) is 4.96. The van der Waals surface area contributed by atoms with E-state index in [4.69, 9.17) is 0 Å². The first kappa shape index (κ1) is 24.2. The van der Waals surface area contributed by atoms with Crippen LogP contribution in [-0.4, -0.2) is 53.7 Å². The monoisotopic (exact) mass is 463 g/mol. The number of anilines is 1. The maximum absolute atomic E-state index is 13.1. The number of nitrogens with zero attached hydrogens (tertiary/aromatic N) is 3. The van der Waals surface area contributed by atoms with Gasteiger partial charge in [-0.2, -0.15) is 0 Å². The number of piperidine rings is 1. The summed E-state index contributed by atoms with van der Waals surface area (Å²) in [5.74, 6) is 0.526. The van der Waals surface area contributed by atoms with Gasteiger partial charge in [0.2, 0.25) is 5.91 Å². The van der Waals surface area contributed by atoms with E-state index in [2.05, 4.69) is 27.8 Å². The molecule has 34 heavy (non-hydrogen) atoms. The first-order valence-corrected chi connectivity index (χ1v) is 12.4. The topological polar surface area (TPSA) is 67.9 Å². The summed E-state index contributed by atoms with van der Waals surface area (Å²) in [4.78, 5) is 29.8. The zero-order chi connectivity index (χ0) is 24.2. The van der Waals surface area contributed by atoms with E-state index >= 15 is 0 Å². The van der Waals surface area contributed by atoms with Crippen LogP contribution < -0.4 is 15.6 Å². The Hall–Kier alpha value is -2.90. The van der Waals surface area contributed by atoms with Crippen molar-refractivity contribution < 1.29 is 9.59 Å². The Morgan fingerprint density at radius 2 is 1.62 bits per heavy atom. The molecule has 2 aliphatic rings. The molecule has 2 heterocycles. The quantitative estimate of drug-likeness (QED) is 0.644. The molecule has 2 aromatic carbocycles. The van der Waals surface area contributed by atoms with Crippen molar-refractivity contribution in [2.24, 2.45) is 0 Å². The van der Waals surface area contributed by atoms with Crippen molar-refractivity contribution in [1.29, 1.82) is 0 Å². The minimum Gasteiger partial charge on any atom is -0.352 e. The number of rotatable bonds is 7. The zero-order valence-corrected chi connectivity index (χ0v) is 20.7. The minimum absolute atomic E-state index is 0.0114. The van der Waals surface area contributed by atoms with Crippen LogP contribution in [0.1, 0.15) is 63.6 Å².